The average Bonchev–Trinajstić information content (AvgIpc) is 2.68. The van der Waals surface area contributed by atoms with Crippen LogP contribution >= 0.6 is 12.2 Å². The monoisotopic (exact) mass is 278 g/mol. The van der Waals surface area contributed by atoms with Gasteiger partial charge in [0.15, 0.2) is 4.77 Å². The maximum absolute atomic E-state index is 13.1. The van der Waals surface area contributed by atoms with Crippen LogP contribution in [0.1, 0.15) is 32.0 Å². The first-order valence-corrected chi connectivity index (χ1v) is 6.82. The lowest BCUT2D eigenvalue weighted by atomic mass is 9.92. The third-order valence-corrected chi connectivity index (χ3v) is 3.49. The van der Waals surface area contributed by atoms with Crippen molar-refractivity contribution in [1.82, 2.24) is 9.55 Å². The predicted octanol–water partition coefficient (Wildman–Crippen LogP) is 4.22. The Hall–Kier alpha value is -1.42. The zero-order chi connectivity index (χ0) is 14.0. The molecule has 0 spiro atoms. The Morgan fingerprint density at radius 2 is 2.05 bits per heavy atom. The number of rotatable bonds is 3. The Morgan fingerprint density at radius 3 is 2.68 bits per heavy atom. The topological polar surface area (TPSA) is 20.7 Å². The smallest absolute Gasteiger partial charge is 0.177 e. The van der Waals surface area contributed by atoms with E-state index in [1.807, 2.05) is 12.3 Å². The summed E-state index contributed by atoms with van der Waals surface area (Å²) in [7, 11) is 0. The molecule has 0 atom stereocenters. The van der Waals surface area contributed by atoms with Gasteiger partial charge in [-0.3, -0.25) is 0 Å². The molecule has 0 saturated carbocycles. The second-order valence-corrected chi connectivity index (χ2v) is 6.15. The fourth-order valence-electron chi connectivity index (χ4n) is 2.17. The van der Waals surface area contributed by atoms with E-state index in [0.29, 0.717) is 0 Å². The number of hydrogen-bond donors (Lipinski definition) is 1. The molecule has 2 nitrogen and oxygen atoms in total. The van der Waals surface area contributed by atoms with Crippen LogP contribution in [0.15, 0.2) is 30.5 Å². The first-order valence-electron chi connectivity index (χ1n) is 6.41. The molecule has 0 aliphatic carbocycles. The van der Waals surface area contributed by atoms with Crippen LogP contribution in [-0.4, -0.2) is 9.55 Å². The summed E-state index contributed by atoms with van der Waals surface area (Å²) < 4.78 is 16.0. The van der Waals surface area contributed by atoms with Gasteiger partial charge in [0.05, 0.1) is 0 Å². The number of H-pyrrole nitrogens is 1. The van der Waals surface area contributed by atoms with Gasteiger partial charge in [0.1, 0.15) is 5.82 Å². The summed E-state index contributed by atoms with van der Waals surface area (Å²) in [6.07, 6.45) is 2.74. The number of aromatic amines is 1. The minimum absolute atomic E-state index is 0.0372. The highest BCUT2D eigenvalue weighted by Crippen LogP contribution is 2.22. The van der Waals surface area contributed by atoms with E-state index in [9.17, 15) is 4.39 Å². The summed E-state index contributed by atoms with van der Waals surface area (Å²) in [5, 5.41) is 0. The Bertz CT molecular complexity index is 620. The number of nitrogens with zero attached hydrogens (tertiary/aromatic N) is 1. The molecule has 4 heteroatoms. The fourth-order valence-corrected chi connectivity index (χ4v) is 2.42. The molecule has 19 heavy (non-hydrogen) atoms. The lowest BCUT2D eigenvalue weighted by Gasteiger charge is -2.20. The quantitative estimate of drug-likeness (QED) is 0.833. The zero-order valence-electron chi connectivity index (χ0n) is 11.5. The molecule has 1 heterocycles. The number of imidazole rings is 1. The second kappa shape index (κ2) is 5.29. The molecule has 102 valence electrons. The van der Waals surface area contributed by atoms with E-state index < -0.39 is 0 Å². The Kier molecular flexibility index (Phi) is 3.90. The van der Waals surface area contributed by atoms with Crippen LogP contribution < -0.4 is 0 Å². The van der Waals surface area contributed by atoms with E-state index in [1.54, 1.807) is 12.1 Å². The molecule has 0 saturated heterocycles. The van der Waals surface area contributed by atoms with Crippen molar-refractivity contribution in [2.75, 3.05) is 0 Å². The third-order valence-electron chi connectivity index (χ3n) is 3.15. The maximum atomic E-state index is 13.1. The van der Waals surface area contributed by atoms with E-state index in [4.69, 9.17) is 12.2 Å². The van der Waals surface area contributed by atoms with Crippen molar-refractivity contribution in [2.24, 2.45) is 0 Å². The fraction of sp³-hybridized carbons (Fsp3) is 0.400. The van der Waals surface area contributed by atoms with Crippen LogP contribution in [0.3, 0.4) is 0 Å². The minimum Gasteiger partial charge on any atom is -0.337 e. The molecular weight excluding hydrogens is 259 g/mol. The molecular formula is C15H19FN2S. The SMILES string of the molecule is CC(C)(C)c1c[nH]c(=S)n1CCc1cccc(F)c1. The number of benzene rings is 1. The van der Waals surface area contributed by atoms with Crippen LogP contribution in [0.5, 0.6) is 0 Å². The molecule has 0 aliphatic heterocycles. The van der Waals surface area contributed by atoms with Gasteiger partial charge in [0.2, 0.25) is 0 Å². The van der Waals surface area contributed by atoms with Gasteiger partial charge < -0.3 is 9.55 Å². The standard InChI is InChI=1S/C15H19FN2S/c1-15(2,3)13-10-17-14(19)18(13)8-7-11-5-4-6-12(16)9-11/h4-6,9-10H,7-8H2,1-3H3,(H,17,19). The van der Waals surface area contributed by atoms with Gasteiger partial charge in [-0.15, -0.1) is 0 Å². The van der Waals surface area contributed by atoms with E-state index >= 15 is 0 Å². The Labute approximate surface area is 118 Å². The van der Waals surface area contributed by atoms with Crippen LogP contribution in [0.25, 0.3) is 0 Å². The molecule has 1 aromatic heterocycles. The van der Waals surface area contributed by atoms with Gasteiger partial charge in [-0.2, -0.15) is 0 Å². The van der Waals surface area contributed by atoms with Crippen molar-refractivity contribution in [3.05, 3.63) is 52.3 Å². The van der Waals surface area contributed by atoms with Gasteiger partial charge in [0, 0.05) is 23.9 Å². The van der Waals surface area contributed by atoms with Crippen LogP contribution in [0.4, 0.5) is 4.39 Å². The van der Waals surface area contributed by atoms with E-state index in [0.717, 1.165) is 23.3 Å². The third kappa shape index (κ3) is 3.32. The molecule has 0 radical (unpaired) electrons. The molecule has 0 unspecified atom stereocenters. The normalized spacial score (nSPS) is 11.8. The molecule has 0 amide bonds. The number of aromatic nitrogens is 2. The van der Waals surface area contributed by atoms with Crippen molar-refractivity contribution in [3.63, 3.8) is 0 Å². The van der Waals surface area contributed by atoms with Gasteiger partial charge in [-0.25, -0.2) is 4.39 Å². The summed E-state index contributed by atoms with van der Waals surface area (Å²) in [6.45, 7) is 7.23. The van der Waals surface area contributed by atoms with Crippen LogP contribution in [0.2, 0.25) is 0 Å². The second-order valence-electron chi connectivity index (χ2n) is 5.76. The van der Waals surface area contributed by atoms with E-state index in [2.05, 4.69) is 30.3 Å². The van der Waals surface area contributed by atoms with Crippen molar-refractivity contribution < 1.29 is 4.39 Å². The molecule has 2 rings (SSSR count). The number of hydrogen-bond acceptors (Lipinski definition) is 1. The molecule has 2 aromatic rings. The number of halogens is 1. The summed E-state index contributed by atoms with van der Waals surface area (Å²) in [5.41, 5.74) is 2.20. The summed E-state index contributed by atoms with van der Waals surface area (Å²) in [6, 6.07) is 6.72. The molecule has 1 aromatic carbocycles. The highest BCUT2D eigenvalue weighted by Gasteiger charge is 2.18. The molecule has 0 bridgehead atoms. The van der Waals surface area contributed by atoms with E-state index in [-0.39, 0.29) is 11.2 Å². The lowest BCUT2D eigenvalue weighted by Crippen LogP contribution is -2.18. The van der Waals surface area contributed by atoms with Gasteiger partial charge in [-0.1, -0.05) is 32.9 Å². The molecule has 0 aliphatic rings. The van der Waals surface area contributed by atoms with Crippen LogP contribution in [-0.2, 0) is 18.4 Å². The highest BCUT2D eigenvalue weighted by molar-refractivity contribution is 7.71. The minimum atomic E-state index is -0.189. The van der Waals surface area contributed by atoms with Gasteiger partial charge >= 0.3 is 0 Å². The van der Waals surface area contributed by atoms with Crippen LogP contribution in [0, 0.1) is 10.6 Å². The number of nitrogens with one attached hydrogen (secondary N) is 1. The summed E-state index contributed by atoms with van der Waals surface area (Å²) in [4.78, 5) is 3.10. The maximum Gasteiger partial charge on any atom is 0.177 e. The zero-order valence-corrected chi connectivity index (χ0v) is 12.4. The molecule has 0 fully saturated rings. The van der Waals surface area contributed by atoms with Crippen molar-refractivity contribution in [3.8, 4) is 0 Å². The Balaban J connectivity index is 2.21. The van der Waals surface area contributed by atoms with Crippen molar-refractivity contribution >= 4 is 12.2 Å². The highest BCUT2D eigenvalue weighted by atomic mass is 32.1. The summed E-state index contributed by atoms with van der Waals surface area (Å²) >= 11 is 5.32. The van der Waals surface area contributed by atoms with Gasteiger partial charge in [0.25, 0.3) is 0 Å². The average molecular weight is 278 g/mol. The first-order chi connectivity index (χ1) is 8.88. The van der Waals surface area contributed by atoms with E-state index in [1.165, 1.54) is 11.8 Å². The Morgan fingerprint density at radius 1 is 1.32 bits per heavy atom. The summed E-state index contributed by atoms with van der Waals surface area (Å²) in [5.74, 6) is -0.189. The molecule has 1 N–H and O–H groups in total. The number of aryl methyl sites for hydroxylation is 1. The predicted molar refractivity (Wildman–Crippen MR) is 78.4 cm³/mol. The largest absolute Gasteiger partial charge is 0.337 e. The van der Waals surface area contributed by atoms with Crippen molar-refractivity contribution in [2.45, 2.75) is 39.2 Å². The lowest BCUT2D eigenvalue weighted by molar-refractivity contribution is 0.513. The first kappa shape index (κ1) is 14.0. The van der Waals surface area contributed by atoms with Gasteiger partial charge in [-0.05, 0) is 36.3 Å². The van der Waals surface area contributed by atoms with Crippen molar-refractivity contribution in [1.29, 1.82) is 0 Å².